The highest BCUT2D eigenvalue weighted by Crippen LogP contribution is 2.44. The van der Waals surface area contributed by atoms with Crippen LogP contribution in [0.2, 0.25) is 0 Å². The number of carbonyl (C=O) groups is 1. The number of nitrogens with zero attached hydrogens (tertiary/aromatic N) is 1. The number of pyridine rings is 1. The molecule has 3 rings (SSSR count). The second kappa shape index (κ2) is 3.95. The minimum Gasteiger partial charge on any atom is -0.384 e. The number of carbonyl (C=O) groups excluding carboxylic acids is 1. The van der Waals surface area contributed by atoms with Gasteiger partial charge >= 0.3 is 0 Å². The van der Waals surface area contributed by atoms with Crippen molar-refractivity contribution in [3.63, 3.8) is 0 Å². The average Bonchev–Trinajstić information content (AvgIpc) is 2.95. The van der Waals surface area contributed by atoms with Crippen molar-refractivity contribution in [3.8, 4) is 0 Å². The highest BCUT2D eigenvalue weighted by atomic mass is 16.1. The van der Waals surface area contributed by atoms with Crippen LogP contribution in [0.3, 0.4) is 0 Å². The molecule has 0 saturated heterocycles. The molecule has 19 heavy (non-hydrogen) atoms. The summed E-state index contributed by atoms with van der Waals surface area (Å²) >= 11 is 0. The molecule has 0 aliphatic heterocycles. The number of rotatable bonds is 2. The molecule has 1 saturated carbocycles. The smallest absolute Gasteiger partial charge is 0.252 e. The Bertz CT molecular complexity index is 663. The summed E-state index contributed by atoms with van der Waals surface area (Å²) in [5.41, 5.74) is 7.34. The largest absolute Gasteiger partial charge is 0.384 e. The van der Waals surface area contributed by atoms with Crippen molar-refractivity contribution in [2.75, 3.05) is 5.73 Å². The Morgan fingerprint density at radius 1 is 1.42 bits per heavy atom. The Kier molecular flexibility index (Phi) is 2.49. The van der Waals surface area contributed by atoms with Gasteiger partial charge in [0.2, 0.25) is 0 Å². The van der Waals surface area contributed by atoms with Crippen LogP contribution in [0.25, 0.3) is 10.9 Å². The van der Waals surface area contributed by atoms with Gasteiger partial charge in [-0.1, -0.05) is 32.0 Å². The van der Waals surface area contributed by atoms with Gasteiger partial charge in [0.05, 0.1) is 11.1 Å². The molecule has 0 bridgehead atoms. The summed E-state index contributed by atoms with van der Waals surface area (Å²) in [4.78, 5) is 16.6. The number of fused-ring (bicyclic) bond motifs is 1. The maximum atomic E-state index is 12.4. The van der Waals surface area contributed by atoms with Crippen molar-refractivity contribution < 1.29 is 4.79 Å². The van der Waals surface area contributed by atoms with Crippen LogP contribution >= 0.6 is 0 Å². The zero-order valence-electron chi connectivity index (χ0n) is 11.1. The van der Waals surface area contributed by atoms with Gasteiger partial charge in [-0.15, -0.1) is 0 Å². The predicted octanol–water partition coefficient (Wildman–Crippen LogP) is 2.35. The molecule has 1 heterocycles. The third-order valence-corrected chi connectivity index (χ3v) is 3.80. The number of amides is 1. The standard InChI is InChI=1S/C15H17N3O/c1-15(2)8-12(15)18-14(19)10-7-13(16)17-11-6-4-3-5-9(10)11/h3-7,12H,8H2,1-2H3,(H2,16,17)(H,18,19). The van der Waals surface area contributed by atoms with E-state index in [-0.39, 0.29) is 17.4 Å². The first-order chi connectivity index (χ1) is 8.97. The van der Waals surface area contributed by atoms with Gasteiger partial charge in [0, 0.05) is 11.4 Å². The maximum Gasteiger partial charge on any atom is 0.252 e. The molecular formula is C15H17N3O. The van der Waals surface area contributed by atoms with Gasteiger partial charge < -0.3 is 11.1 Å². The van der Waals surface area contributed by atoms with Crippen molar-refractivity contribution >= 4 is 22.6 Å². The number of benzene rings is 1. The second-order valence-electron chi connectivity index (χ2n) is 5.83. The summed E-state index contributed by atoms with van der Waals surface area (Å²) in [6.45, 7) is 4.30. The van der Waals surface area contributed by atoms with E-state index >= 15 is 0 Å². The van der Waals surface area contributed by atoms with Crippen molar-refractivity contribution in [3.05, 3.63) is 35.9 Å². The van der Waals surface area contributed by atoms with Crippen LogP contribution < -0.4 is 11.1 Å². The monoisotopic (exact) mass is 255 g/mol. The van der Waals surface area contributed by atoms with Crippen LogP contribution in [-0.4, -0.2) is 16.9 Å². The summed E-state index contributed by atoms with van der Waals surface area (Å²) in [6, 6.07) is 9.46. The molecule has 1 aliphatic rings. The fraction of sp³-hybridized carbons (Fsp3) is 0.333. The number of hydrogen-bond donors (Lipinski definition) is 2. The summed E-state index contributed by atoms with van der Waals surface area (Å²) in [7, 11) is 0. The predicted molar refractivity (Wildman–Crippen MR) is 75.8 cm³/mol. The van der Waals surface area contributed by atoms with Gasteiger partial charge in [0.1, 0.15) is 5.82 Å². The molecule has 3 N–H and O–H groups in total. The van der Waals surface area contributed by atoms with Gasteiger partial charge in [-0.3, -0.25) is 4.79 Å². The van der Waals surface area contributed by atoms with Crippen LogP contribution in [0, 0.1) is 5.41 Å². The topological polar surface area (TPSA) is 68.0 Å². The van der Waals surface area contributed by atoms with E-state index in [1.807, 2.05) is 24.3 Å². The van der Waals surface area contributed by atoms with Gasteiger partial charge in [0.25, 0.3) is 5.91 Å². The molecule has 0 spiro atoms. The molecule has 1 aromatic carbocycles. The van der Waals surface area contributed by atoms with E-state index in [4.69, 9.17) is 5.73 Å². The lowest BCUT2D eigenvalue weighted by molar-refractivity contribution is 0.0948. The fourth-order valence-electron chi connectivity index (χ4n) is 2.33. The lowest BCUT2D eigenvalue weighted by Crippen LogP contribution is -2.28. The van der Waals surface area contributed by atoms with Crippen molar-refractivity contribution in [1.29, 1.82) is 0 Å². The third kappa shape index (κ3) is 2.14. The first-order valence-electron chi connectivity index (χ1n) is 6.43. The summed E-state index contributed by atoms with van der Waals surface area (Å²) < 4.78 is 0. The van der Waals surface area contributed by atoms with E-state index in [0.717, 1.165) is 17.3 Å². The molecule has 1 fully saturated rings. The summed E-state index contributed by atoms with van der Waals surface area (Å²) in [5, 5.41) is 3.90. The van der Waals surface area contributed by atoms with Gasteiger partial charge in [0.15, 0.2) is 0 Å². The quantitative estimate of drug-likeness (QED) is 0.865. The average molecular weight is 255 g/mol. The number of para-hydroxylation sites is 1. The number of nitrogen functional groups attached to an aromatic ring is 1. The van der Waals surface area contributed by atoms with E-state index in [2.05, 4.69) is 24.1 Å². The Balaban J connectivity index is 1.97. The van der Waals surface area contributed by atoms with Crippen LogP contribution in [0.5, 0.6) is 0 Å². The molecule has 4 heteroatoms. The summed E-state index contributed by atoms with van der Waals surface area (Å²) in [6.07, 6.45) is 1.03. The van der Waals surface area contributed by atoms with Crippen molar-refractivity contribution in [2.45, 2.75) is 26.3 Å². The Morgan fingerprint density at radius 3 is 2.79 bits per heavy atom. The van der Waals surface area contributed by atoms with E-state index in [9.17, 15) is 4.79 Å². The zero-order chi connectivity index (χ0) is 13.6. The van der Waals surface area contributed by atoms with Crippen LogP contribution in [-0.2, 0) is 0 Å². The zero-order valence-corrected chi connectivity index (χ0v) is 11.1. The van der Waals surface area contributed by atoms with Crippen LogP contribution in [0.1, 0.15) is 30.6 Å². The van der Waals surface area contributed by atoms with E-state index < -0.39 is 0 Å². The fourth-order valence-corrected chi connectivity index (χ4v) is 2.33. The highest BCUT2D eigenvalue weighted by Gasteiger charge is 2.46. The third-order valence-electron chi connectivity index (χ3n) is 3.80. The molecular weight excluding hydrogens is 238 g/mol. The van der Waals surface area contributed by atoms with Gasteiger partial charge in [-0.2, -0.15) is 0 Å². The van der Waals surface area contributed by atoms with Crippen molar-refractivity contribution in [2.24, 2.45) is 5.41 Å². The molecule has 1 aliphatic carbocycles. The maximum absolute atomic E-state index is 12.4. The molecule has 98 valence electrons. The lowest BCUT2D eigenvalue weighted by Gasteiger charge is -2.10. The molecule has 1 aromatic heterocycles. The van der Waals surface area contributed by atoms with Gasteiger partial charge in [-0.25, -0.2) is 4.98 Å². The number of anilines is 1. The number of hydrogen-bond acceptors (Lipinski definition) is 3. The Hall–Kier alpha value is -2.10. The number of nitrogens with one attached hydrogen (secondary N) is 1. The van der Waals surface area contributed by atoms with E-state index in [0.29, 0.717) is 11.4 Å². The first kappa shape index (κ1) is 12.0. The van der Waals surface area contributed by atoms with Gasteiger partial charge in [-0.05, 0) is 24.0 Å². The highest BCUT2D eigenvalue weighted by molar-refractivity contribution is 6.07. The molecule has 0 radical (unpaired) electrons. The minimum atomic E-state index is -0.0686. The summed E-state index contributed by atoms with van der Waals surface area (Å²) in [5.74, 6) is 0.305. The van der Waals surface area contributed by atoms with Crippen LogP contribution in [0.4, 0.5) is 5.82 Å². The minimum absolute atomic E-state index is 0.0686. The Morgan fingerprint density at radius 2 is 2.11 bits per heavy atom. The van der Waals surface area contributed by atoms with E-state index in [1.54, 1.807) is 6.07 Å². The normalized spacial score (nSPS) is 20.2. The molecule has 2 aromatic rings. The lowest BCUT2D eigenvalue weighted by atomic mass is 10.1. The van der Waals surface area contributed by atoms with Crippen LogP contribution in [0.15, 0.2) is 30.3 Å². The molecule has 1 amide bonds. The van der Waals surface area contributed by atoms with Crippen molar-refractivity contribution in [1.82, 2.24) is 10.3 Å². The molecule has 4 nitrogen and oxygen atoms in total. The number of aromatic nitrogens is 1. The van der Waals surface area contributed by atoms with E-state index in [1.165, 1.54) is 0 Å². The number of nitrogens with two attached hydrogens (primary N) is 1. The Labute approximate surface area is 112 Å². The second-order valence-corrected chi connectivity index (χ2v) is 5.83. The first-order valence-corrected chi connectivity index (χ1v) is 6.43. The molecule has 1 unspecified atom stereocenters. The molecule has 1 atom stereocenters. The SMILES string of the molecule is CC1(C)CC1NC(=O)c1cc(N)nc2ccccc12.